The van der Waals surface area contributed by atoms with Crippen molar-refractivity contribution in [2.45, 2.75) is 57.3 Å². The Morgan fingerprint density at radius 3 is 1.71 bits per heavy atom. The van der Waals surface area contributed by atoms with Gasteiger partial charge in [-0.15, -0.1) is 0 Å². The van der Waals surface area contributed by atoms with Crippen LogP contribution in [0.25, 0.3) is 0 Å². The van der Waals surface area contributed by atoms with Gasteiger partial charge in [0.05, 0.1) is 12.5 Å². The maximum Gasteiger partial charge on any atom is 0.327 e. The van der Waals surface area contributed by atoms with Crippen LogP contribution >= 0.6 is 12.6 Å². The molecule has 0 spiro atoms. The van der Waals surface area contributed by atoms with Crippen LogP contribution in [-0.2, 0) is 28.8 Å². The average molecular weight is 464 g/mol. The lowest BCUT2D eigenvalue weighted by molar-refractivity contribution is -0.143. The summed E-state index contributed by atoms with van der Waals surface area (Å²) >= 11 is 3.78. The lowest BCUT2D eigenvalue weighted by atomic mass is 10.0. The third kappa shape index (κ3) is 10.6. The summed E-state index contributed by atoms with van der Waals surface area (Å²) in [6.45, 7) is 3.31. The Morgan fingerprint density at radius 2 is 1.29 bits per heavy atom. The van der Waals surface area contributed by atoms with Crippen LogP contribution in [0.15, 0.2) is 0 Å². The van der Waals surface area contributed by atoms with Gasteiger partial charge >= 0.3 is 17.9 Å². The molecule has 8 N–H and O–H groups in total. The Balaban J connectivity index is 5.51. The highest BCUT2D eigenvalue weighted by atomic mass is 32.1. The van der Waals surface area contributed by atoms with E-state index in [9.17, 15) is 28.8 Å². The highest BCUT2D eigenvalue weighted by Crippen LogP contribution is 2.05. The number of nitrogens with one attached hydrogen (secondary N) is 3. The predicted octanol–water partition coefficient (Wildman–Crippen LogP) is -2.22. The number of carboxylic acid groups (broad SMARTS) is 3. The summed E-state index contributed by atoms with van der Waals surface area (Å²) in [5.41, 5.74) is 5.71. The second kappa shape index (κ2) is 13.4. The number of nitrogens with two attached hydrogens (primary N) is 1. The van der Waals surface area contributed by atoms with Gasteiger partial charge in [-0.25, -0.2) is 4.79 Å². The summed E-state index contributed by atoms with van der Waals surface area (Å²) in [4.78, 5) is 70.1. The van der Waals surface area contributed by atoms with Crippen molar-refractivity contribution in [3.05, 3.63) is 0 Å². The van der Waals surface area contributed by atoms with E-state index in [0.29, 0.717) is 0 Å². The molecule has 0 rings (SSSR count). The van der Waals surface area contributed by atoms with Crippen molar-refractivity contribution in [1.29, 1.82) is 0 Å². The summed E-state index contributed by atoms with van der Waals surface area (Å²) in [5, 5.41) is 33.3. The number of hydrogen-bond donors (Lipinski definition) is 8. The molecule has 0 aliphatic heterocycles. The van der Waals surface area contributed by atoms with Crippen molar-refractivity contribution in [1.82, 2.24) is 16.0 Å². The standard InChI is InChI=1S/C17H28N4O9S/c1-7(2)13(18)16(28)19-8(3-4-11(22)23)14(26)20-9(5-12(24)25)15(27)21-10(6-31)17(29)30/h7-10,13,31H,3-6,18H2,1-2H3,(H,19,28)(H,20,26)(H,21,27)(H,22,23)(H,24,25)(H,29,30). The van der Waals surface area contributed by atoms with E-state index in [1.807, 2.05) is 5.32 Å². The van der Waals surface area contributed by atoms with Crippen LogP contribution in [0.2, 0.25) is 0 Å². The molecule has 0 radical (unpaired) electrons. The molecule has 0 bridgehead atoms. The number of amides is 3. The largest absolute Gasteiger partial charge is 0.481 e. The third-order valence-corrected chi connectivity index (χ3v) is 4.47. The number of carbonyl (C=O) groups excluding carboxylic acids is 3. The van der Waals surface area contributed by atoms with Gasteiger partial charge in [0.25, 0.3) is 0 Å². The zero-order valence-electron chi connectivity index (χ0n) is 17.0. The van der Waals surface area contributed by atoms with Gasteiger partial charge in [0.15, 0.2) is 0 Å². The van der Waals surface area contributed by atoms with Gasteiger partial charge in [0.2, 0.25) is 17.7 Å². The lowest BCUT2D eigenvalue weighted by Crippen LogP contribution is -2.58. The van der Waals surface area contributed by atoms with Crippen molar-refractivity contribution in [2.75, 3.05) is 5.75 Å². The third-order valence-electron chi connectivity index (χ3n) is 4.11. The first-order valence-corrected chi connectivity index (χ1v) is 9.87. The summed E-state index contributed by atoms with van der Waals surface area (Å²) in [6.07, 6.45) is -1.75. The van der Waals surface area contributed by atoms with E-state index >= 15 is 0 Å². The molecule has 0 saturated carbocycles. The van der Waals surface area contributed by atoms with Crippen molar-refractivity contribution in [3.8, 4) is 0 Å². The molecular formula is C17H28N4O9S. The van der Waals surface area contributed by atoms with Crippen LogP contribution in [0.3, 0.4) is 0 Å². The predicted molar refractivity (Wildman–Crippen MR) is 109 cm³/mol. The fraction of sp³-hybridized carbons (Fsp3) is 0.647. The number of hydrogen-bond acceptors (Lipinski definition) is 8. The van der Waals surface area contributed by atoms with Crippen LogP contribution in [0.1, 0.15) is 33.1 Å². The Kier molecular flexibility index (Phi) is 12.2. The Hall–Kier alpha value is -2.87. The van der Waals surface area contributed by atoms with Crippen LogP contribution in [0.5, 0.6) is 0 Å². The summed E-state index contributed by atoms with van der Waals surface area (Å²) in [6, 6.07) is -5.53. The second-order valence-electron chi connectivity index (χ2n) is 7.00. The zero-order valence-corrected chi connectivity index (χ0v) is 17.9. The molecule has 0 saturated heterocycles. The SMILES string of the molecule is CC(C)C(N)C(=O)NC(CCC(=O)O)C(=O)NC(CC(=O)O)C(=O)NC(CS)C(=O)O. The maximum atomic E-state index is 12.6. The van der Waals surface area contributed by atoms with Crippen LogP contribution < -0.4 is 21.7 Å². The molecule has 0 aromatic carbocycles. The molecule has 14 heteroatoms. The van der Waals surface area contributed by atoms with Gasteiger partial charge in [-0.05, 0) is 12.3 Å². The quantitative estimate of drug-likeness (QED) is 0.129. The van der Waals surface area contributed by atoms with Gasteiger partial charge in [-0.1, -0.05) is 13.8 Å². The average Bonchev–Trinajstić information content (AvgIpc) is 2.66. The molecule has 0 aliphatic rings. The first kappa shape index (κ1) is 28.1. The molecule has 0 fully saturated rings. The molecule has 13 nitrogen and oxygen atoms in total. The van der Waals surface area contributed by atoms with Crippen LogP contribution in [0, 0.1) is 5.92 Å². The van der Waals surface area contributed by atoms with Crippen molar-refractivity contribution < 1.29 is 44.1 Å². The van der Waals surface area contributed by atoms with Crippen LogP contribution in [0.4, 0.5) is 0 Å². The van der Waals surface area contributed by atoms with E-state index in [2.05, 4.69) is 23.3 Å². The first-order valence-electron chi connectivity index (χ1n) is 9.24. The van der Waals surface area contributed by atoms with E-state index < -0.39 is 72.6 Å². The minimum Gasteiger partial charge on any atom is -0.481 e. The summed E-state index contributed by atoms with van der Waals surface area (Å²) in [7, 11) is 0. The normalized spacial score (nSPS) is 14.6. The van der Waals surface area contributed by atoms with E-state index in [1.165, 1.54) is 0 Å². The number of thiol groups is 1. The molecule has 0 aromatic heterocycles. The first-order chi connectivity index (χ1) is 14.3. The molecule has 0 heterocycles. The van der Waals surface area contributed by atoms with Gasteiger partial charge in [-0.2, -0.15) is 12.6 Å². The lowest BCUT2D eigenvalue weighted by Gasteiger charge is -2.24. The molecule has 4 unspecified atom stereocenters. The monoisotopic (exact) mass is 464 g/mol. The number of carbonyl (C=O) groups is 6. The minimum absolute atomic E-state index is 0.289. The highest BCUT2D eigenvalue weighted by Gasteiger charge is 2.31. The molecule has 0 aromatic rings. The minimum atomic E-state index is -1.69. The summed E-state index contributed by atoms with van der Waals surface area (Å²) < 4.78 is 0. The number of rotatable bonds is 14. The Bertz CT molecular complexity index is 701. The topological polar surface area (TPSA) is 225 Å². The Labute approximate surface area is 183 Å². The maximum absolute atomic E-state index is 12.6. The van der Waals surface area contributed by atoms with E-state index in [0.717, 1.165) is 0 Å². The number of carboxylic acids is 3. The molecular weight excluding hydrogens is 436 g/mol. The van der Waals surface area contributed by atoms with Crippen LogP contribution in [-0.4, -0.2) is 80.9 Å². The molecule has 3 amide bonds. The van der Waals surface area contributed by atoms with Gasteiger partial charge < -0.3 is 37.0 Å². The Morgan fingerprint density at radius 1 is 0.806 bits per heavy atom. The molecule has 0 aliphatic carbocycles. The van der Waals surface area contributed by atoms with E-state index in [-0.39, 0.29) is 18.1 Å². The van der Waals surface area contributed by atoms with Crippen molar-refractivity contribution in [3.63, 3.8) is 0 Å². The van der Waals surface area contributed by atoms with Gasteiger partial charge in [-0.3, -0.25) is 24.0 Å². The number of aliphatic carboxylic acids is 3. The smallest absolute Gasteiger partial charge is 0.327 e. The van der Waals surface area contributed by atoms with Gasteiger partial charge in [0, 0.05) is 12.2 Å². The second-order valence-corrected chi connectivity index (χ2v) is 7.37. The molecule has 4 atom stereocenters. The van der Waals surface area contributed by atoms with E-state index in [1.54, 1.807) is 13.8 Å². The van der Waals surface area contributed by atoms with Crippen molar-refractivity contribution >= 4 is 48.3 Å². The van der Waals surface area contributed by atoms with Crippen molar-refractivity contribution in [2.24, 2.45) is 11.7 Å². The fourth-order valence-electron chi connectivity index (χ4n) is 2.22. The summed E-state index contributed by atoms with van der Waals surface area (Å²) in [5.74, 6) is -7.57. The van der Waals surface area contributed by atoms with E-state index in [4.69, 9.17) is 21.1 Å². The molecule has 176 valence electrons. The zero-order chi connectivity index (χ0) is 24.3. The highest BCUT2D eigenvalue weighted by molar-refractivity contribution is 7.80. The fourth-order valence-corrected chi connectivity index (χ4v) is 2.47. The van der Waals surface area contributed by atoms with Gasteiger partial charge in [0.1, 0.15) is 18.1 Å². The molecule has 31 heavy (non-hydrogen) atoms.